The predicted molar refractivity (Wildman–Crippen MR) is 62.4 cm³/mol. The van der Waals surface area contributed by atoms with Gasteiger partial charge in [0.2, 0.25) is 5.91 Å². The number of aliphatic hydroxyl groups is 1. The van der Waals surface area contributed by atoms with Crippen LogP contribution < -0.4 is 5.32 Å². The Morgan fingerprint density at radius 3 is 2.94 bits per heavy atom. The molecule has 3 nitrogen and oxygen atoms in total. The molecule has 1 aliphatic carbocycles. The summed E-state index contributed by atoms with van der Waals surface area (Å²) >= 11 is 6.06. The Hall–Kier alpha value is -1.06. The van der Waals surface area contributed by atoms with Gasteiger partial charge in [0.1, 0.15) is 0 Å². The predicted octanol–water partition coefficient (Wildman–Crippen LogP) is 1.55. The van der Waals surface area contributed by atoms with E-state index in [0.29, 0.717) is 6.54 Å². The summed E-state index contributed by atoms with van der Waals surface area (Å²) in [6.45, 7) is 0.305. The summed E-state index contributed by atoms with van der Waals surface area (Å²) < 4.78 is 0. The van der Waals surface area contributed by atoms with Crippen LogP contribution in [-0.4, -0.2) is 24.2 Å². The van der Waals surface area contributed by atoms with E-state index in [1.807, 2.05) is 24.3 Å². The molecule has 0 bridgehead atoms. The molecule has 2 unspecified atom stereocenters. The molecule has 0 aliphatic heterocycles. The molecule has 0 radical (unpaired) electrons. The monoisotopic (exact) mass is 239 g/mol. The van der Waals surface area contributed by atoms with Crippen molar-refractivity contribution in [2.75, 3.05) is 13.2 Å². The van der Waals surface area contributed by atoms with Crippen LogP contribution >= 0.6 is 11.6 Å². The third-order valence-electron chi connectivity index (χ3n) is 2.84. The van der Waals surface area contributed by atoms with E-state index in [-0.39, 0.29) is 24.3 Å². The minimum absolute atomic E-state index is 0.0129. The van der Waals surface area contributed by atoms with Gasteiger partial charge < -0.3 is 10.4 Å². The molecule has 0 aromatic heterocycles. The number of nitrogens with one attached hydrogen (secondary N) is 1. The third-order valence-corrected chi connectivity index (χ3v) is 3.19. The lowest BCUT2D eigenvalue weighted by atomic mass is 10.1. The van der Waals surface area contributed by atoms with Crippen LogP contribution in [0.25, 0.3) is 0 Å². The highest BCUT2D eigenvalue weighted by atomic mass is 35.5. The lowest BCUT2D eigenvalue weighted by Crippen LogP contribution is -2.28. The van der Waals surface area contributed by atoms with Crippen molar-refractivity contribution in [3.8, 4) is 0 Å². The molecule has 16 heavy (non-hydrogen) atoms. The number of benzene rings is 1. The van der Waals surface area contributed by atoms with Crippen molar-refractivity contribution in [2.24, 2.45) is 5.92 Å². The maximum Gasteiger partial charge on any atom is 0.223 e. The minimum atomic E-state index is -0.0186. The van der Waals surface area contributed by atoms with Gasteiger partial charge in [0.25, 0.3) is 0 Å². The molecule has 2 atom stereocenters. The molecular weight excluding hydrogens is 226 g/mol. The standard InChI is InChI=1S/C12H14ClNO2/c13-11-4-2-1-3-8(11)9-7-10(9)12(16)14-5-6-15/h1-4,9-10,15H,5-7H2,(H,14,16). The number of carbonyl (C=O) groups is 1. The van der Waals surface area contributed by atoms with Gasteiger partial charge in [0.05, 0.1) is 6.61 Å². The first kappa shape index (κ1) is 11.4. The van der Waals surface area contributed by atoms with Crippen LogP contribution in [0.4, 0.5) is 0 Å². The zero-order chi connectivity index (χ0) is 11.5. The normalized spacial score (nSPS) is 22.9. The Kier molecular flexibility index (Phi) is 3.46. The Labute approximate surface area is 99.4 Å². The van der Waals surface area contributed by atoms with E-state index in [1.165, 1.54) is 0 Å². The quantitative estimate of drug-likeness (QED) is 0.838. The van der Waals surface area contributed by atoms with Crippen molar-refractivity contribution < 1.29 is 9.90 Å². The number of hydrogen-bond acceptors (Lipinski definition) is 2. The number of hydrogen-bond donors (Lipinski definition) is 2. The van der Waals surface area contributed by atoms with Gasteiger partial charge in [0.15, 0.2) is 0 Å². The molecule has 1 aromatic carbocycles. The summed E-state index contributed by atoms with van der Waals surface area (Å²) in [6.07, 6.45) is 0.848. The molecule has 2 N–H and O–H groups in total. The van der Waals surface area contributed by atoms with Gasteiger partial charge in [-0.25, -0.2) is 0 Å². The largest absolute Gasteiger partial charge is 0.395 e. The van der Waals surface area contributed by atoms with Gasteiger partial charge in [-0.3, -0.25) is 4.79 Å². The van der Waals surface area contributed by atoms with Crippen LogP contribution in [0, 0.1) is 5.92 Å². The van der Waals surface area contributed by atoms with Gasteiger partial charge in [-0.05, 0) is 24.0 Å². The molecule has 1 aromatic rings. The Morgan fingerprint density at radius 2 is 2.25 bits per heavy atom. The molecule has 4 heteroatoms. The molecule has 2 rings (SSSR count). The van der Waals surface area contributed by atoms with Crippen LogP contribution in [-0.2, 0) is 4.79 Å². The van der Waals surface area contributed by atoms with Crippen molar-refractivity contribution in [2.45, 2.75) is 12.3 Å². The first-order valence-corrected chi connectivity index (χ1v) is 5.75. The van der Waals surface area contributed by atoms with Gasteiger partial charge in [-0.1, -0.05) is 29.8 Å². The Balaban J connectivity index is 1.96. The van der Waals surface area contributed by atoms with Crippen LogP contribution in [0.3, 0.4) is 0 Å². The van der Waals surface area contributed by atoms with Crippen molar-refractivity contribution in [3.63, 3.8) is 0 Å². The Bertz CT molecular complexity index is 394. The molecule has 1 aliphatic rings. The SMILES string of the molecule is O=C(NCCO)C1CC1c1ccccc1Cl. The average Bonchev–Trinajstić information content (AvgIpc) is 3.06. The maximum absolute atomic E-state index is 11.6. The van der Waals surface area contributed by atoms with E-state index in [2.05, 4.69) is 5.32 Å². The maximum atomic E-state index is 11.6. The topological polar surface area (TPSA) is 49.3 Å². The van der Waals surface area contributed by atoms with Crippen molar-refractivity contribution >= 4 is 17.5 Å². The zero-order valence-electron chi connectivity index (χ0n) is 8.82. The summed E-state index contributed by atoms with van der Waals surface area (Å²) in [4.78, 5) is 11.6. The average molecular weight is 240 g/mol. The second-order valence-electron chi connectivity index (χ2n) is 3.98. The lowest BCUT2D eigenvalue weighted by molar-refractivity contribution is -0.122. The van der Waals surface area contributed by atoms with E-state index in [0.717, 1.165) is 17.0 Å². The highest BCUT2D eigenvalue weighted by Crippen LogP contribution is 2.49. The molecule has 1 fully saturated rings. The van der Waals surface area contributed by atoms with E-state index < -0.39 is 0 Å². The Morgan fingerprint density at radius 1 is 1.50 bits per heavy atom. The number of halogens is 1. The van der Waals surface area contributed by atoms with Gasteiger partial charge in [0, 0.05) is 17.5 Å². The lowest BCUT2D eigenvalue weighted by Gasteiger charge is -2.04. The van der Waals surface area contributed by atoms with Crippen molar-refractivity contribution in [3.05, 3.63) is 34.9 Å². The van der Waals surface area contributed by atoms with Crippen molar-refractivity contribution in [1.82, 2.24) is 5.32 Å². The number of rotatable bonds is 4. The van der Waals surface area contributed by atoms with Gasteiger partial charge in [-0.15, -0.1) is 0 Å². The smallest absolute Gasteiger partial charge is 0.223 e. The molecule has 0 saturated heterocycles. The fourth-order valence-electron chi connectivity index (χ4n) is 1.91. The van der Waals surface area contributed by atoms with Crippen LogP contribution in [0.5, 0.6) is 0 Å². The summed E-state index contributed by atoms with van der Waals surface area (Å²) in [5.41, 5.74) is 1.05. The highest BCUT2D eigenvalue weighted by Gasteiger charge is 2.44. The first-order valence-electron chi connectivity index (χ1n) is 5.37. The highest BCUT2D eigenvalue weighted by molar-refractivity contribution is 6.31. The number of carbonyl (C=O) groups excluding carboxylic acids is 1. The summed E-state index contributed by atoms with van der Waals surface area (Å²) in [7, 11) is 0. The van der Waals surface area contributed by atoms with E-state index in [4.69, 9.17) is 16.7 Å². The number of amides is 1. The van der Waals surface area contributed by atoms with Gasteiger partial charge >= 0.3 is 0 Å². The van der Waals surface area contributed by atoms with Crippen LogP contribution in [0.15, 0.2) is 24.3 Å². The van der Waals surface area contributed by atoms with E-state index in [1.54, 1.807) is 0 Å². The fraction of sp³-hybridized carbons (Fsp3) is 0.417. The second kappa shape index (κ2) is 4.85. The second-order valence-corrected chi connectivity index (χ2v) is 4.39. The van der Waals surface area contributed by atoms with Crippen LogP contribution in [0.2, 0.25) is 5.02 Å². The number of aliphatic hydroxyl groups excluding tert-OH is 1. The van der Waals surface area contributed by atoms with Crippen molar-refractivity contribution in [1.29, 1.82) is 0 Å². The molecule has 1 amide bonds. The molecule has 0 spiro atoms. The summed E-state index contributed by atoms with van der Waals surface area (Å²) in [6, 6.07) is 7.63. The van der Waals surface area contributed by atoms with Gasteiger partial charge in [-0.2, -0.15) is 0 Å². The molecule has 1 saturated carbocycles. The minimum Gasteiger partial charge on any atom is -0.395 e. The van der Waals surface area contributed by atoms with E-state index >= 15 is 0 Å². The zero-order valence-corrected chi connectivity index (χ0v) is 9.57. The molecule has 86 valence electrons. The molecular formula is C12H14ClNO2. The third kappa shape index (κ3) is 2.36. The summed E-state index contributed by atoms with van der Waals surface area (Å²) in [5, 5.41) is 12.0. The van der Waals surface area contributed by atoms with Crippen LogP contribution in [0.1, 0.15) is 17.9 Å². The summed E-state index contributed by atoms with van der Waals surface area (Å²) in [5.74, 6) is 0.276. The van der Waals surface area contributed by atoms with E-state index in [9.17, 15) is 4.79 Å². The fourth-order valence-corrected chi connectivity index (χ4v) is 2.19. The first-order chi connectivity index (χ1) is 7.74. The molecule has 0 heterocycles.